The molecule has 3 aromatic rings. The van der Waals surface area contributed by atoms with Gasteiger partial charge in [0.15, 0.2) is 0 Å². The summed E-state index contributed by atoms with van der Waals surface area (Å²) < 4.78 is 46.3. The van der Waals surface area contributed by atoms with Crippen molar-refractivity contribution in [2.45, 2.75) is 6.18 Å². The third-order valence-electron chi connectivity index (χ3n) is 4.60. The molecule has 0 aliphatic carbocycles. The van der Waals surface area contributed by atoms with Crippen LogP contribution in [0.5, 0.6) is 0 Å². The number of alkyl halides is 3. The Bertz CT molecular complexity index is 1040. The van der Waals surface area contributed by atoms with E-state index >= 15 is 0 Å². The van der Waals surface area contributed by atoms with E-state index in [1.807, 2.05) is 0 Å². The second-order valence-corrected chi connectivity index (χ2v) is 6.37. The Morgan fingerprint density at radius 3 is 2.57 bits per heavy atom. The highest BCUT2D eigenvalue weighted by Crippen LogP contribution is 2.39. The van der Waals surface area contributed by atoms with Gasteiger partial charge in [-0.2, -0.15) is 13.2 Å². The van der Waals surface area contributed by atoms with E-state index in [2.05, 4.69) is 9.97 Å². The first kappa shape index (κ1) is 18.2. The fourth-order valence-corrected chi connectivity index (χ4v) is 3.23. The Morgan fingerprint density at radius 1 is 1.14 bits per heavy atom. The Kier molecular flexibility index (Phi) is 4.42. The van der Waals surface area contributed by atoms with E-state index in [9.17, 15) is 23.3 Å². The number of imidazole rings is 1. The number of nitrogens with zero attached hydrogens (tertiary/aromatic N) is 3. The average Bonchev–Trinajstić information content (AvgIpc) is 3.11. The van der Waals surface area contributed by atoms with E-state index in [0.717, 1.165) is 6.07 Å². The molecule has 1 fully saturated rings. The van der Waals surface area contributed by atoms with E-state index in [1.54, 1.807) is 11.0 Å². The second-order valence-electron chi connectivity index (χ2n) is 6.37. The molecule has 1 aromatic heterocycles. The van der Waals surface area contributed by atoms with Crippen LogP contribution in [0.3, 0.4) is 0 Å². The predicted octanol–water partition coefficient (Wildman–Crippen LogP) is 3.99. The summed E-state index contributed by atoms with van der Waals surface area (Å²) in [5.74, 6) is 0.217. The van der Waals surface area contributed by atoms with Crippen LogP contribution in [0.4, 0.5) is 24.5 Å². The first-order valence-electron chi connectivity index (χ1n) is 8.51. The van der Waals surface area contributed by atoms with Gasteiger partial charge in [0.05, 0.1) is 34.7 Å². The SMILES string of the molecule is O=[N+]([O-])c1ccc2[nH]c(-c3ccc(N4CCOCC4)c(C(F)(F)F)c3)nc2c1. The molecule has 28 heavy (non-hydrogen) atoms. The normalized spacial score (nSPS) is 15.2. The number of nitro groups is 1. The Morgan fingerprint density at radius 2 is 1.89 bits per heavy atom. The van der Waals surface area contributed by atoms with Crippen LogP contribution in [-0.4, -0.2) is 41.2 Å². The van der Waals surface area contributed by atoms with Gasteiger partial charge in [0.1, 0.15) is 5.82 Å². The maximum atomic E-state index is 13.7. The number of morpholine rings is 1. The van der Waals surface area contributed by atoms with Crippen LogP contribution in [0.2, 0.25) is 0 Å². The number of ether oxygens (including phenoxy) is 1. The van der Waals surface area contributed by atoms with Crippen molar-refractivity contribution < 1.29 is 22.8 Å². The van der Waals surface area contributed by atoms with Gasteiger partial charge in [0.25, 0.3) is 5.69 Å². The summed E-state index contributed by atoms with van der Waals surface area (Å²) >= 11 is 0. The molecule has 0 saturated carbocycles. The molecule has 1 N–H and O–H groups in total. The monoisotopic (exact) mass is 392 g/mol. The highest BCUT2D eigenvalue weighted by atomic mass is 19.4. The number of halogens is 3. The van der Waals surface area contributed by atoms with Crippen LogP contribution in [0.25, 0.3) is 22.4 Å². The first-order valence-corrected chi connectivity index (χ1v) is 8.51. The lowest BCUT2D eigenvalue weighted by Crippen LogP contribution is -2.37. The standard InChI is InChI=1S/C18H15F3N4O3/c19-18(20,21)13-9-11(1-4-16(13)24-5-7-28-8-6-24)17-22-14-3-2-12(25(26)27)10-15(14)23-17/h1-4,9-10H,5-8H2,(H,22,23). The number of fused-ring (bicyclic) bond motifs is 1. The smallest absolute Gasteiger partial charge is 0.378 e. The van der Waals surface area contributed by atoms with Crippen molar-refractivity contribution in [1.82, 2.24) is 9.97 Å². The Balaban J connectivity index is 1.77. The third-order valence-corrected chi connectivity index (χ3v) is 4.60. The first-order chi connectivity index (χ1) is 13.3. The van der Waals surface area contributed by atoms with Gasteiger partial charge in [-0.25, -0.2) is 4.98 Å². The summed E-state index contributed by atoms with van der Waals surface area (Å²) in [6.07, 6.45) is -4.53. The summed E-state index contributed by atoms with van der Waals surface area (Å²) in [5, 5.41) is 10.9. The number of hydrogen-bond acceptors (Lipinski definition) is 5. The third kappa shape index (κ3) is 3.38. The quantitative estimate of drug-likeness (QED) is 0.538. The second kappa shape index (κ2) is 6.79. The van der Waals surface area contributed by atoms with Crippen LogP contribution in [0, 0.1) is 10.1 Å². The number of hydrogen-bond donors (Lipinski definition) is 1. The number of nitrogens with one attached hydrogen (secondary N) is 1. The number of benzene rings is 2. The van der Waals surface area contributed by atoms with Crippen LogP contribution >= 0.6 is 0 Å². The molecule has 0 radical (unpaired) electrons. The fourth-order valence-electron chi connectivity index (χ4n) is 3.23. The molecule has 1 aliphatic rings. The molecule has 4 rings (SSSR count). The average molecular weight is 392 g/mol. The fraction of sp³-hybridized carbons (Fsp3) is 0.278. The minimum atomic E-state index is -4.53. The molecule has 2 heterocycles. The van der Waals surface area contributed by atoms with Gasteiger partial charge in [-0.15, -0.1) is 0 Å². The minimum absolute atomic E-state index is 0.103. The van der Waals surface area contributed by atoms with Gasteiger partial charge in [-0.3, -0.25) is 10.1 Å². The summed E-state index contributed by atoms with van der Waals surface area (Å²) in [6, 6.07) is 8.12. The summed E-state index contributed by atoms with van der Waals surface area (Å²) in [4.78, 5) is 19.1. The molecular weight excluding hydrogens is 377 g/mol. The number of nitro benzene ring substituents is 1. The van der Waals surface area contributed by atoms with E-state index < -0.39 is 16.7 Å². The highest BCUT2D eigenvalue weighted by molar-refractivity contribution is 5.82. The maximum Gasteiger partial charge on any atom is 0.418 e. The number of rotatable bonds is 3. The Labute approximate surface area is 156 Å². The molecule has 0 atom stereocenters. The van der Waals surface area contributed by atoms with Crippen molar-refractivity contribution in [3.63, 3.8) is 0 Å². The molecule has 2 aromatic carbocycles. The van der Waals surface area contributed by atoms with E-state index in [0.29, 0.717) is 37.3 Å². The Hall–Kier alpha value is -3.14. The minimum Gasteiger partial charge on any atom is -0.378 e. The topological polar surface area (TPSA) is 84.3 Å². The molecule has 1 aliphatic heterocycles. The largest absolute Gasteiger partial charge is 0.418 e. The molecule has 0 unspecified atom stereocenters. The van der Waals surface area contributed by atoms with Gasteiger partial charge >= 0.3 is 6.18 Å². The van der Waals surface area contributed by atoms with Crippen molar-refractivity contribution >= 4 is 22.4 Å². The molecule has 10 heteroatoms. The molecule has 0 spiro atoms. The van der Waals surface area contributed by atoms with Crippen molar-refractivity contribution in [3.8, 4) is 11.4 Å². The van der Waals surface area contributed by atoms with Gasteiger partial charge in [0, 0.05) is 36.5 Å². The molecule has 7 nitrogen and oxygen atoms in total. The number of aromatic nitrogens is 2. The van der Waals surface area contributed by atoms with Gasteiger partial charge in [-0.1, -0.05) is 0 Å². The van der Waals surface area contributed by atoms with E-state index in [-0.39, 0.29) is 22.8 Å². The summed E-state index contributed by atoms with van der Waals surface area (Å²) in [5.41, 5.74) is 0.290. The van der Waals surface area contributed by atoms with Crippen molar-refractivity contribution in [1.29, 1.82) is 0 Å². The van der Waals surface area contributed by atoms with Gasteiger partial charge in [0.2, 0.25) is 0 Å². The van der Waals surface area contributed by atoms with Crippen LogP contribution < -0.4 is 4.90 Å². The zero-order valence-corrected chi connectivity index (χ0v) is 14.5. The van der Waals surface area contributed by atoms with Gasteiger partial charge < -0.3 is 14.6 Å². The van der Waals surface area contributed by atoms with Crippen molar-refractivity contribution in [3.05, 3.63) is 52.1 Å². The lowest BCUT2D eigenvalue weighted by molar-refractivity contribution is -0.384. The molecule has 0 amide bonds. The lowest BCUT2D eigenvalue weighted by atomic mass is 10.1. The van der Waals surface area contributed by atoms with E-state index in [4.69, 9.17) is 4.74 Å². The molecule has 146 valence electrons. The summed E-state index contributed by atoms with van der Waals surface area (Å²) in [7, 11) is 0. The lowest BCUT2D eigenvalue weighted by Gasteiger charge is -2.31. The molecular formula is C18H15F3N4O3. The molecule has 1 saturated heterocycles. The highest BCUT2D eigenvalue weighted by Gasteiger charge is 2.35. The summed E-state index contributed by atoms with van der Waals surface area (Å²) in [6.45, 7) is 1.52. The van der Waals surface area contributed by atoms with Crippen LogP contribution in [0.15, 0.2) is 36.4 Å². The maximum absolute atomic E-state index is 13.7. The zero-order valence-electron chi connectivity index (χ0n) is 14.5. The van der Waals surface area contributed by atoms with Crippen molar-refractivity contribution in [2.75, 3.05) is 31.2 Å². The van der Waals surface area contributed by atoms with Crippen molar-refractivity contribution in [2.24, 2.45) is 0 Å². The predicted molar refractivity (Wildman–Crippen MR) is 96.2 cm³/mol. The van der Waals surface area contributed by atoms with Crippen LogP contribution in [-0.2, 0) is 10.9 Å². The number of H-pyrrole nitrogens is 1. The number of anilines is 1. The zero-order chi connectivity index (χ0) is 19.9. The molecule has 0 bridgehead atoms. The number of non-ortho nitro benzene ring substituents is 1. The van der Waals surface area contributed by atoms with Gasteiger partial charge in [-0.05, 0) is 24.3 Å². The van der Waals surface area contributed by atoms with Crippen LogP contribution in [0.1, 0.15) is 5.56 Å². The number of aromatic amines is 1. The van der Waals surface area contributed by atoms with E-state index in [1.165, 1.54) is 24.3 Å².